The Balaban J connectivity index is 1.88. The van der Waals surface area contributed by atoms with Crippen molar-refractivity contribution in [2.45, 2.75) is 26.4 Å². The van der Waals surface area contributed by atoms with Gasteiger partial charge in [0.05, 0.1) is 10.6 Å². The van der Waals surface area contributed by atoms with Crippen LogP contribution in [0.1, 0.15) is 32.6 Å². The molecule has 0 aliphatic heterocycles. The molecule has 0 saturated heterocycles. The van der Waals surface area contributed by atoms with E-state index in [0.717, 1.165) is 16.7 Å². The van der Waals surface area contributed by atoms with Gasteiger partial charge >= 0.3 is 6.18 Å². The van der Waals surface area contributed by atoms with Crippen molar-refractivity contribution in [2.75, 3.05) is 6.54 Å². The normalized spacial score (nSPS) is 11.7. The summed E-state index contributed by atoms with van der Waals surface area (Å²) in [6.07, 6.45) is -4.17. The molecule has 0 bridgehead atoms. The minimum Gasteiger partial charge on any atom is -0.466 e. The largest absolute Gasteiger partial charge is 0.466 e. The van der Waals surface area contributed by atoms with Gasteiger partial charge in [-0.25, -0.2) is 4.98 Å². The number of halogens is 3. The number of nitrogens with one attached hydrogen (secondary N) is 1. The van der Waals surface area contributed by atoms with Crippen molar-refractivity contribution in [1.82, 2.24) is 10.3 Å². The molecule has 2 aromatic rings. The monoisotopic (exact) mass is 318 g/mol. The number of furan rings is 1. The van der Waals surface area contributed by atoms with E-state index in [1.807, 2.05) is 0 Å². The number of hydrogen-bond donors (Lipinski definition) is 1. The summed E-state index contributed by atoms with van der Waals surface area (Å²) in [5, 5.41) is 3.94. The fourth-order valence-electron chi connectivity index (χ4n) is 1.79. The number of carbonyl (C=O) groups is 1. The predicted molar refractivity (Wildman–Crippen MR) is 71.3 cm³/mol. The van der Waals surface area contributed by atoms with Crippen LogP contribution in [0.15, 0.2) is 15.9 Å². The van der Waals surface area contributed by atoms with Crippen molar-refractivity contribution >= 4 is 17.2 Å². The van der Waals surface area contributed by atoms with E-state index in [4.69, 9.17) is 4.42 Å². The van der Waals surface area contributed by atoms with Crippen LogP contribution in [-0.4, -0.2) is 17.4 Å². The third kappa shape index (κ3) is 3.84. The zero-order valence-electron chi connectivity index (χ0n) is 11.4. The van der Waals surface area contributed by atoms with Crippen LogP contribution in [0.2, 0.25) is 0 Å². The molecule has 4 nitrogen and oxygen atoms in total. The number of nitrogens with zero attached hydrogens (tertiary/aromatic N) is 1. The van der Waals surface area contributed by atoms with Crippen molar-refractivity contribution in [3.8, 4) is 0 Å². The van der Waals surface area contributed by atoms with Crippen LogP contribution in [0, 0.1) is 13.8 Å². The maximum Gasteiger partial charge on any atom is 0.434 e. The molecule has 0 aliphatic carbocycles. The van der Waals surface area contributed by atoms with Gasteiger partial charge in [-0.1, -0.05) is 0 Å². The molecule has 1 N–H and O–H groups in total. The van der Waals surface area contributed by atoms with Crippen LogP contribution in [0.4, 0.5) is 13.2 Å². The van der Waals surface area contributed by atoms with Crippen molar-refractivity contribution in [3.63, 3.8) is 0 Å². The van der Waals surface area contributed by atoms with E-state index in [-0.39, 0.29) is 18.9 Å². The first kappa shape index (κ1) is 15.6. The van der Waals surface area contributed by atoms with Gasteiger partial charge in [0.2, 0.25) is 0 Å². The van der Waals surface area contributed by atoms with E-state index in [1.54, 1.807) is 19.9 Å². The van der Waals surface area contributed by atoms with Crippen LogP contribution >= 0.6 is 11.3 Å². The zero-order valence-corrected chi connectivity index (χ0v) is 12.2. The minimum absolute atomic E-state index is 0.216. The molecule has 0 radical (unpaired) electrons. The van der Waals surface area contributed by atoms with Gasteiger partial charge in [-0.15, -0.1) is 11.3 Å². The number of amides is 1. The maximum atomic E-state index is 12.4. The lowest BCUT2D eigenvalue weighted by Gasteiger charge is -2.03. The van der Waals surface area contributed by atoms with Crippen LogP contribution in [0.25, 0.3) is 0 Å². The smallest absolute Gasteiger partial charge is 0.434 e. The maximum absolute atomic E-state index is 12.4. The number of carbonyl (C=O) groups excluding carboxylic acids is 1. The van der Waals surface area contributed by atoms with Gasteiger partial charge < -0.3 is 9.73 Å². The molecule has 21 heavy (non-hydrogen) atoms. The first-order chi connectivity index (χ1) is 9.77. The minimum atomic E-state index is -4.43. The second kappa shape index (κ2) is 5.88. The Labute approximate surface area is 123 Å². The summed E-state index contributed by atoms with van der Waals surface area (Å²) < 4.78 is 42.4. The second-order valence-electron chi connectivity index (χ2n) is 4.46. The SMILES string of the molecule is Cc1cc(C(=O)NCCc2nc(C(F)(F)F)cs2)c(C)o1. The highest BCUT2D eigenvalue weighted by Crippen LogP contribution is 2.30. The average Bonchev–Trinajstić information content (AvgIpc) is 2.95. The van der Waals surface area contributed by atoms with E-state index < -0.39 is 11.9 Å². The lowest BCUT2D eigenvalue weighted by molar-refractivity contribution is -0.140. The molecular formula is C13H13F3N2O2S. The van der Waals surface area contributed by atoms with E-state index >= 15 is 0 Å². The number of aromatic nitrogens is 1. The molecule has 1 amide bonds. The van der Waals surface area contributed by atoms with Crippen molar-refractivity contribution < 1.29 is 22.4 Å². The molecule has 2 aromatic heterocycles. The highest BCUT2D eigenvalue weighted by molar-refractivity contribution is 7.09. The number of hydrogen-bond acceptors (Lipinski definition) is 4. The second-order valence-corrected chi connectivity index (χ2v) is 5.40. The van der Waals surface area contributed by atoms with Gasteiger partial charge in [0.15, 0.2) is 5.69 Å². The van der Waals surface area contributed by atoms with E-state index in [0.29, 0.717) is 22.1 Å². The lowest BCUT2D eigenvalue weighted by Crippen LogP contribution is -2.25. The highest BCUT2D eigenvalue weighted by Gasteiger charge is 2.33. The molecular weight excluding hydrogens is 305 g/mol. The molecule has 2 rings (SSSR count). The molecule has 0 fully saturated rings. The van der Waals surface area contributed by atoms with Crippen molar-refractivity contribution in [1.29, 1.82) is 0 Å². The Hall–Kier alpha value is -1.83. The standard InChI is InChI=1S/C13H13F3N2O2S/c1-7-5-9(8(2)20-7)12(19)17-4-3-11-18-10(6-21-11)13(14,15)16/h5-6H,3-4H2,1-2H3,(H,17,19). The Bertz CT molecular complexity index is 646. The van der Waals surface area contributed by atoms with Crippen LogP contribution < -0.4 is 5.32 Å². The Morgan fingerprint density at radius 3 is 2.67 bits per heavy atom. The molecule has 114 valence electrons. The number of alkyl halides is 3. The molecule has 0 atom stereocenters. The van der Waals surface area contributed by atoms with E-state index in [2.05, 4.69) is 10.3 Å². The summed E-state index contributed by atoms with van der Waals surface area (Å²) in [6, 6.07) is 1.62. The van der Waals surface area contributed by atoms with Crippen LogP contribution in [0.3, 0.4) is 0 Å². The fraction of sp³-hybridized carbons (Fsp3) is 0.385. The van der Waals surface area contributed by atoms with Gasteiger partial charge in [-0.05, 0) is 19.9 Å². The summed E-state index contributed by atoms with van der Waals surface area (Å²) in [7, 11) is 0. The third-order valence-electron chi connectivity index (χ3n) is 2.75. The number of thiazole rings is 1. The summed E-state index contributed by atoms with van der Waals surface area (Å²) in [5.74, 6) is 0.836. The predicted octanol–water partition coefficient (Wildman–Crippen LogP) is 3.34. The summed E-state index contributed by atoms with van der Waals surface area (Å²) >= 11 is 0.930. The van der Waals surface area contributed by atoms with Crippen LogP contribution in [0.5, 0.6) is 0 Å². The van der Waals surface area contributed by atoms with Crippen LogP contribution in [-0.2, 0) is 12.6 Å². The van der Waals surface area contributed by atoms with E-state index in [1.165, 1.54) is 0 Å². The molecule has 8 heteroatoms. The van der Waals surface area contributed by atoms with Crippen molar-refractivity contribution in [3.05, 3.63) is 39.2 Å². The summed E-state index contributed by atoms with van der Waals surface area (Å²) in [5.41, 5.74) is -0.460. The van der Waals surface area contributed by atoms with Gasteiger partial charge in [-0.3, -0.25) is 4.79 Å². The van der Waals surface area contributed by atoms with Crippen molar-refractivity contribution in [2.24, 2.45) is 0 Å². The molecule has 0 saturated carbocycles. The Morgan fingerprint density at radius 2 is 2.14 bits per heavy atom. The summed E-state index contributed by atoms with van der Waals surface area (Å²) in [4.78, 5) is 15.4. The Kier molecular flexibility index (Phi) is 4.36. The topological polar surface area (TPSA) is 55.1 Å². The third-order valence-corrected chi connectivity index (χ3v) is 3.66. The van der Waals surface area contributed by atoms with Gasteiger partial charge in [0, 0.05) is 18.3 Å². The molecule has 0 aromatic carbocycles. The molecule has 0 unspecified atom stereocenters. The highest BCUT2D eigenvalue weighted by atomic mass is 32.1. The summed E-state index contributed by atoms with van der Waals surface area (Å²) in [6.45, 7) is 3.63. The Morgan fingerprint density at radius 1 is 1.43 bits per heavy atom. The number of rotatable bonds is 4. The molecule has 2 heterocycles. The quantitative estimate of drug-likeness (QED) is 0.940. The number of aryl methyl sites for hydroxylation is 2. The van der Waals surface area contributed by atoms with Gasteiger partial charge in [0.25, 0.3) is 5.91 Å². The fourth-order valence-corrected chi connectivity index (χ4v) is 2.60. The zero-order chi connectivity index (χ0) is 15.6. The van der Waals surface area contributed by atoms with Gasteiger partial charge in [0.1, 0.15) is 11.5 Å². The van der Waals surface area contributed by atoms with Gasteiger partial charge in [-0.2, -0.15) is 13.2 Å². The van der Waals surface area contributed by atoms with E-state index in [9.17, 15) is 18.0 Å². The first-order valence-corrected chi connectivity index (χ1v) is 7.02. The lowest BCUT2D eigenvalue weighted by atomic mass is 10.2. The molecule has 0 aliphatic rings. The first-order valence-electron chi connectivity index (χ1n) is 6.14. The average molecular weight is 318 g/mol. The molecule has 0 spiro atoms.